The maximum Gasteiger partial charge on any atom is 0.263 e. The number of hydrogen-bond acceptors (Lipinski definition) is 7. The van der Waals surface area contributed by atoms with Gasteiger partial charge in [0, 0.05) is 97.4 Å². The first-order valence-electron chi connectivity index (χ1n) is 37.6. The van der Waals surface area contributed by atoms with E-state index < -0.39 is 7.14 Å². The van der Waals surface area contributed by atoms with Gasteiger partial charge in [-0.15, -0.1) is 0 Å². The van der Waals surface area contributed by atoms with E-state index in [2.05, 4.69) is 77.2 Å². The molecule has 512 valence electrons. The molecule has 0 aliphatic carbocycles. The van der Waals surface area contributed by atoms with Gasteiger partial charge in [0.25, 0.3) is 40.1 Å². The molecule has 14 heterocycles. The monoisotopic (exact) mass is 1450 g/mol. The molecule has 29 rings (SSSR count). The van der Waals surface area contributed by atoms with Gasteiger partial charge in [0.1, 0.15) is 0 Å². The van der Waals surface area contributed by atoms with Crippen molar-refractivity contribution >= 4 is 215 Å². The van der Waals surface area contributed by atoms with E-state index in [0.29, 0.717) is 109 Å². The lowest BCUT2D eigenvalue weighted by molar-refractivity contribution is 0.592. The predicted molar refractivity (Wildman–Crippen MR) is 454 cm³/mol. The Morgan fingerprint density at radius 2 is 0.625 bits per heavy atom. The highest BCUT2D eigenvalue weighted by Gasteiger charge is 2.50. The van der Waals surface area contributed by atoms with Gasteiger partial charge in [-0.2, -0.15) is 0 Å². The van der Waals surface area contributed by atoms with Crippen LogP contribution in [0, 0.1) is 0 Å². The first-order valence-corrected chi connectivity index (χ1v) is 39.3. The van der Waals surface area contributed by atoms with Gasteiger partial charge < -0.3 is 8.97 Å². The van der Waals surface area contributed by atoms with Crippen molar-refractivity contribution in [3.8, 4) is 56.1 Å². The summed E-state index contributed by atoms with van der Waals surface area (Å²) in [4.78, 5) is 94.2. The number of para-hydroxylation sites is 3. The molecule has 1 atom stereocenters. The quantitative estimate of drug-likeness (QED) is 0.0723. The second kappa shape index (κ2) is 18.5. The summed E-state index contributed by atoms with van der Waals surface area (Å²) in [5, 5.41) is 15.8. The highest BCUT2D eigenvalue weighted by Crippen LogP contribution is 2.56. The number of nitrogens with zero attached hydrogens (tertiary/aromatic N) is 7. The molecule has 5 aliphatic heterocycles. The summed E-state index contributed by atoms with van der Waals surface area (Å²) in [6.07, 6.45) is 0. The zero-order valence-corrected chi connectivity index (χ0v) is 59.2. The van der Waals surface area contributed by atoms with Gasteiger partial charge in [-0.25, -0.2) is 0 Å². The normalized spacial score (nSPS) is 14.9. The zero-order valence-electron chi connectivity index (χ0n) is 58.3. The molecule has 0 fully saturated rings. The van der Waals surface area contributed by atoms with E-state index in [9.17, 15) is 0 Å². The minimum Gasteiger partial charge on any atom is -0.308 e. The molecule has 0 spiro atoms. The average Bonchev–Trinajstić information content (AvgIpc) is 1.06. The smallest absolute Gasteiger partial charge is 0.263 e. The highest BCUT2D eigenvalue weighted by atomic mass is 31.2. The minimum absolute atomic E-state index is 0.133. The van der Waals surface area contributed by atoms with Crippen LogP contribution in [-0.2, 0) is 4.57 Å². The topological polar surface area (TPSA) is 152 Å². The Hall–Kier alpha value is -14.8. The number of aromatic nitrogens is 7. The maximum atomic E-state index is 18.4. The lowest BCUT2D eigenvalue weighted by Crippen LogP contribution is -2.59. The van der Waals surface area contributed by atoms with Crippen molar-refractivity contribution in [1.29, 1.82) is 0 Å². The van der Waals surface area contributed by atoms with Gasteiger partial charge in [0.05, 0.1) is 77.4 Å². The Balaban J connectivity index is 0.706. The van der Waals surface area contributed by atoms with E-state index in [0.717, 1.165) is 148 Å². The molecular formula is C96H43BN7O7P. The summed E-state index contributed by atoms with van der Waals surface area (Å²) in [6.45, 7) is -0.353. The van der Waals surface area contributed by atoms with E-state index in [4.69, 9.17) is 0 Å². The largest absolute Gasteiger partial charge is 0.308 e. The third-order valence-electron chi connectivity index (χ3n) is 26.6. The van der Waals surface area contributed by atoms with Crippen LogP contribution in [0.5, 0.6) is 0 Å². The molecule has 14 nitrogen and oxygen atoms in total. The number of rotatable bonds is 2. The van der Waals surface area contributed by atoms with Crippen LogP contribution < -0.4 is 65.7 Å². The standard InChI is InChI=1S/C96H43BN7O7P/c105-91-59-20-8-4-16-51(59)66-43-68-64-40-46(47-34-37-71-79-77(47)62-33-32-54-48-13-1-5-17-56(48)93(107)101-72-38-35-55-49-14-2-6-18-57(49)92(106)100(71)84(55)80(72)97(79)78(62)83(54)101)28-31-61(64)95(109)99-70-36-29-45(41-76(70)112(111)75-26-10-9-23-69(75)98(91)87(66)90(112)88(68)99)44-27-30-60-63(39-44)67-42-65-50-15-3-7-19-58(50)94(108)102-73-24-11-21-52-53-22-12-25-74-82(53)104(81(52)73)89(85(65)102)86(67)103(74)96(60)110/h1-43H. The number of hydrogen-bond donors (Lipinski definition) is 0. The van der Waals surface area contributed by atoms with Gasteiger partial charge in [-0.3, -0.25) is 55.8 Å². The van der Waals surface area contributed by atoms with Gasteiger partial charge in [0.2, 0.25) is 0 Å². The van der Waals surface area contributed by atoms with Crippen LogP contribution in [0.1, 0.15) is 0 Å². The van der Waals surface area contributed by atoms with Crippen molar-refractivity contribution in [2.24, 2.45) is 0 Å². The molecule has 5 aliphatic rings. The number of fused-ring (bicyclic) bond motifs is 24. The molecule has 0 bridgehead atoms. The summed E-state index contributed by atoms with van der Waals surface area (Å²) >= 11 is 0. The van der Waals surface area contributed by atoms with Crippen LogP contribution in [0.25, 0.3) is 225 Å². The lowest BCUT2D eigenvalue weighted by atomic mass is 9.36. The van der Waals surface area contributed by atoms with Crippen molar-refractivity contribution in [3.63, 3.8) is 0 Å². The van der Waals surface area contributed by atoms with Crippen LogP contribution in [0.15, 0.2) is 290 Å². The fraction of sp³-hybridized carbons (Fsp3) is 0. The van der Waals surface area contributed by atoms with Crippen LogP contribution in [-0.4, -0.2) is 38.2 Å². The highest BCUT2D eigenvalue weighted by molar-refractivity contribution is 7.86. The Bertz CT molecular complexity index is 9480. The Labute approximate surface area is 625 Å². The first-order chi connectivity index (χ1) is 55.0. The fourth-order valence-corrected chi connectivity index (χ4v) is 25.8. The summed E-state index contributed by atoms with van der Waals surface area (Å²) in [5.74, 6) is 0. The molecule has 0 saturated heterocycles. The molecular weight excluding hydrogens is 1400 g/mol. The van der Waals surface area contributed by atoms with E-state index in [1.165, 1.54) is 0 Å². The third-order valence-corrected chi connectivity index (χ3v) is 29.8. The van der Waals surface area contributed by atoms with E-state index in [-0.39, 0.29) is 40.1 Å². The van der Waals surface area contributed by atoms with Crippen LogP contribution in [0.4, 0.5) is 0 Å². The van der Waals surface area contributed by atoms with Gasteiger partial charge in [-0.05, 0) is 191 Å². The van der Waals surface area contributed by atoms with Crippen molar-refractivity contribution < 1.29 is 4.57 Å². The Kier molecular flexibility index (Phi) is 9.47. The van der Waals surface area contributed by atoms with Gasteiger partial charge >= 0.3 is 0 Å². The summed E-state index contributed by atoms with van der Waals surface area (Å²) in [6, 6.07) is 85.4. The third kappa shape index (κ3) is 5.97. The molecule has 112 heavy (non-hydrogen) atoms. The van der Waals surface area contributed by atoms with Crippen molar-refractivity contribution in [1.82, 2.24) is 31.5 Å². The van der Waals surface area contributed by atoms with Crippen molar-refractivity contribution in [2.75, 3.05) is 0 Å². The zero-order chi connectivity index (χ0) is 73.1. The summed E-state index contributed by atoms with van der Waals surface area (Å²) < 4.78 is 31.6. The predicted octanol–water partition coefficient (Wildman–Crippen LogP) is 15.0. The lowest BCUT2D eigenvalue weighted by Gasteiger charge is -2.36. The maximum absolute atomic E-state index is 18.4. The summed E-state index contributed by atoms with van der Waals surface area (Å²) in [7, 11) is -4.20. The number of benzene rings is 15. The van der Waals surface area contributed by atoms with E-state index in [1.807, 2.05) is 206 Å². The fourth-order valence-electron chi connectivity index (χ4n) is 22.4. The average molecular weight is 1450 g/mol. The molecule has 0 radical (unpaired) electrons. The van der Waals surface area contributed by atoms with Crippen molar-refractivity contribution in [2.45, 2.75) is 0 Å². The molecule has 0 saturated carbocycles. The first kappa shape index (κ1) is 57.4. The number of pyridine rings is 6. The molecule has 9 aromatic heterocycles. The summed E-state index contributed by atoms with van der Waals surface area (Å²) in [5.41, 5.74) is 17.1. The van der Waals surface area contributed by atoms with Gasteiger partial charge in [-0.1, -0.05) is 152 Å². The minimum atomic E-state index is -4.20. The Morgan fingerprint density at radius 3 is 1.24 bits per heavy atom. The van der Waals surface area contributed by atoms with Crippen LogP contribution >= 0.6 is 7.14 Å². The second-order valence-corrected chi connectivity index (χ2v) is 33.9. The second-order valence-electron chi connectivity index (χ2n) is 31.2. The SMILES string of the molecule is O=c1c2ccccc2c2ccc3c4c2n1-c1ccc2c5ccccc5c(=O)n5c2c1B4c1c-5ccc(-c2ccc4c(=O)n5c6c7c8c(cc6c4c2)c2ccccc2c(=O)n8-c2ccccc2P7(=O)c2cc(-c4ccc6c(=O)n7c8cccc9c%10cccc%11c%10n(c98)c8c9c(cc(c6c4)c87)c4ccccc4c(=O)n%119)ccc2-5)c1-3. The van der Waals surface area contributed by atoms with E-state index in [1.54, 1.807) is 9.13 Å². The van der Waals surface area contributed by atoms with Crippen LogP contribution in [0.2, 0.25) is 0 Å². The van der Waals surface area contributed by atoms with Crippen molar-refractivity contribution in [3.05, 3.63) is 323 Å². The molecule has 1 unspecified atom stereocenters. The molecule has 0 N–H and O–H groups in total. The Morgan fingerprint density at radius 1 is 0.232 bits per heavy atom. The van der Waals surface area contributed by atoms with Gasteiger partial charge in [0.15, 0.2) is 7.14 Å². The molecule has 16 heteroatoms. The van der Waals surface area contributed by atoms with Crippen LogP contribution in [0.3, 0.4) is 0 Å². The molecule has 15 aromatic carbocycles. The molecule has 0 amide bonds. The van der Waals surface area contributed by atoms with E-state index >= 15 is 33.3 Å². The molecule has 24 aromatic rings.